The number of alkyl halides is 1. The van der Waals surface area contributed by atoms with Crippen LogP contribution in [0.3, 0.4) is 0 Å². The lowest BCUT2D eigenvalue weighted by Gasteiger charge is -2.59. The van der Waals surface area contributed by atoms with Crippen molar-refractivity contribution in [2.45, 2.75) is 69.6 Å². The Kier molecular flexibility index (Phi) is 4.06. The van der Waals surface area contributed by atoms with Crippen LogP contribution in [0.2, 0.25) is 0 Å². The second kappa shape index (κ2) is 5.65. The number of carbonyl (C=O) groups excluding carboxylic acids is 2. The van der Waals surface area contributed by atoms with E-state index in [0.29, 0.717) is 27.3 Å². The quantitative estimate of drug-likeness (QED) is 0.420. The number of hydrogen-bond acceptors (Lipinski definition) is 2. The van der Waals surface area contributed by atoms with Gasteiger partial charge < -0.3 is 0 Å². The number of fused-ring (bicyclic) bond motifs is 5. The van der Waals surface area contributed by atoms with Gasteiger partial charge in [0, 0.05) is 16.3 Å². The van der Waals surface area contributed by atoms with Gasteiger partial charge in [-0.25, -0.2) is 0 Å². The zero-order chi connectivity index (χ0) is 17.3. The number of ketones is 2. The van der Waals surface area contributed by atoms with Crippen LogP contribution in [0.15, 0.2) is 11.6 Å². The first-order valence-electron chi connectivity index (χ1n) is 9.67. The van der Waals surface area contributed by atoms with Gasteiger partial charge in [0.2, 0.25) is 0 Å². The lowest BCUT2D eigenvalue weighted by molar-refractivity contribution is -0.128. The first kappa shape index (κ1) is 17.2. The van der Waals surface area contributed by atoms with Crippen molar-refractivity contribution in [3.05, 3.63) is 11.6 Å². The van der Waals surface area contributed by atoms with Crippen molar-refractivity contribution < 1.29 is 9.59 Å². The maximum absolute atomic E-state index is 12.2. The van der Waals surface area contributed by atoms with Crippen molar-refractivity contribution in [3.8, 4) is 0 Å². The van der Waals surface area contributed by atoms with E-state index in [-0.39, 0.29) is 16.7 Å². The molecule has 0 heterocycles. The summed E-state index contributed by atoms with van der Waals surface area (Å²) in [5.41, 5.74) is 1.88. The Morgan fingerprint density at radius 2 is 1.92 bits per heavy atom. The van der Waals surface area contributed by atoms with Gasteiger partial charge in [-0.05, 0) is 85.7 Å². The second-order valence-electron chi connectivity index (χ2n) is 9.35. The lowest BCUT2D eigenvalue weighted by atomic mass is 9.46. The van der Waals surface area contributed by atoms with Crippen LogP contribution in [-0.2, 0) is 9.59 Å². The molecular formula is C21H29IO2. The third-order valence-corrected chi connectivity index (χ3v) is 9.61. The van der Waals surface area contributed by atoms with Gasteiger partial charge >= 0.3 is 0 Å². The fourth-order valence-electron chi connectivity index (χ4n) is 7.23. The van der Waals surface area contributed by atoms with Crippen LogP contribution in [0.4, 0.5) is 0 Å². The highest BCUT2D eigenvalue weighted by atomic mass is 125. The van der Waals surface area contributed by atoms with Crippen molar-refractivity contribution >= 4 is 34.2 Å². The molecule has 0 N–H and O–H groups in total. The molecule has 3 saturated carbocycles. The number of carbonyl (C=O) groups is 2. The minimum atomic E-state index is 0.221. The van der Waals surface area contributed by atoms with E-state index in [1.807, 2.05) is 6.08 Å². The Morgan fingerprint density at radius 3 is 2.62 bits per heavy atom. The van der Waals surface area contributed by atoms with Gasteiger partial charge in [-0.3, -0.25) is 9.59 Å². The summed E-state index contributed by atoms with van der Waals surface area (Å²) >= 11 is 2.59. The third-order valence-electron chi connectivity index (χ3n) is 8.43. The molecule has 24 heavy (non-hydrogen) atoms. The van der Waals surface area contributed by atoms with Crippen LogP contribution in [0.5, 0.6) is 0 Å². The highest BCUT2D eigenvalue weighted by Gasteiger charge is 2.60. The van der Waals surface area contributed by atoms with Crippen LogP contribution in [0.1, 0.15) is 65.7 Å². The van der Waals surface area contributed by atoms with Crippen molar-refractivity contribution in [2.24, 2.45) is 34.5 Å². The predicted molar refractivity (Wildman–Crippen MR) is 104 cm³/mol. The molecule has 3 fully saturated rings. The van der Waals surface area contributed by atoms with E-state index >= 15 is 0 Å². The molecule has 4 aliphatic carbocycles. The number of halogens is 1. The number of allylic oxidation sites excluding steroid dienone is 1. The molecule has 0 aromatic carbocycles. The minimum absolute atomic E-state index is 0.221. The van der Waals surface area contributed by atoms with E-state index in [1.165, 1.54) is 31.3 Å². The smallest absolute Gasteiger partial charge is 0.155 e. The minimum Gasteiger partial charge on any atom is -0.300 e. The molecule has 0 spiro atoms. The molecular weight excluding hydrogens is 409 g/mol. The first-order chi connectivity index (χ1) is 11.3. The summed E-state index contributed by atoms with van der Waals surface area (Å²) in [5, 5.41) is 0. The topological polar surface area (TPSA) is 34.1 Å². The molecule has 3 heteroatoms. The van der Waals surface area contributed by atoms with E-state index in [4.69, 9.17) is 0 Å². The molecule has 1 unspecified atom stereocenters. The van der Waals surface area contributed by atoms with Crippen molar-refractivity contribution in [3.63, 3.8) is 0 Å². The van der Waals surface area contributed by atoms with E-state index in [1.54, 1.807) is 6.92 Å². The molecule has 0 saturated heterocycles. The van der Waals surface area contributed by atoms with Gasteiger partial charge in [-0.2, -0.15) is 0 Å². The molecule has 4 rings (SSSR count). The van der Waals surface area contributed by atoms with Gasteiger partial charge in [0.1, 0.15) is 5.78 Å². The summed E-state index contributed by atoms with van der Waals surface area (Å²) in [4.78, 5) is 24.2. The van der Waals surface area contributed by atoms with Crippen molar-refractivity contribution in [1.29, 1.82) is 0 Å². The van der Waals surface area contributed by atoms with E-state index in [0.717, 1.165) is 25.2 Å². The van der Waals surface area contributed by atoms with E-state index < -0.39 is 0 Å². The van der Waals surface area contributed by atoms with Crippen LogP contribution >= 0.6 is 22.6 Å². The van der Waals surface area contributed by atoms with Crippen LogP contribution in [0.25, 0.3) is 0 Å². The standard InChI is InChI=1S/C21H29IO2/c1-12(23)15-4-5-16-14-11-19(22)18-10-13(24)6-8-21(18,3)17(14)7-9-20(15,16)2/h10,14-17,19H,4-9,11H2,1-3H3/t14-,15+,16-,17-,19?,20+,21+/m0/s1/i22-2. The Hall–Kier alpha value is -0.190. The SMILES string of the molecule is CC(=O)[C@H]1CC[C@H]2[C@@H]3CC([125I])C4=CC(=O)CC[C@]4(C)[C@H]3CC[C@]12C. The zero-order valence-electron chi connectivity index (χ0n) is 15.1. The monoisotopic (exact) mass is 438 g/mol. The number of hydrogen-bond donors (Lipinski definition) is 0. The molecule has 7 atom stereocenters. The summed E-state index contributed by atoms with van der Waals surface area (Å²) in [6.45, 7) is 6.66. The molecule has 0 aromatic heterocycles. The fourth-order valence-corrected chi connectivity index (χ4v) is 8.70. The first-order valence-corrected chi connectivity index (χ1v) is 10.9. The van der Waals surface area contributed by atoms with Gasteiger partial charge in [-0.15, -0.1) is 0 Å². The van der Waals surface area contributed by atoms with E-state index in [9.17, 15) is 9.59 Å². The highest BCUT2D eigenvalue weighted by molar-refractivity contribution is 14.1. The Balaban J connectivity index is 1.71. The summed E-state index contributed by atoms with van der Waals surface area (Å²) in [5.74, 6) is 3.19. The summed E-state index contributed by atoms with van der Waals surface area (Å²) in [6, 6.07) is 0. The summed E-state index contributed by atoms with van der Waals surface area (Å²) in [7, 11) is 0. The van der Waals surface area contributed by atoms with Crippen molar-refractivity contribution in [1.82, 2.24) is 0 Å². The molecule has 0 amide bonds. The Bertz CT molecular complexity index is 623. The van der Waals surface area contributed by atoms with Crippen molar-refractivity contribution in [2.75, 3.05) is 0 Å². The molecule has 0 aromatic rings. The zero-order valence-corrected chi connectivity index (χ0v) is 17.3. The average molecular weight is 438 g/mol. The highest BCUT2D eigenvalue weighted by Crippen LogP contribution is 2.67. The molecule has 132 valence electrons. The normalized spacial score (nSPS) is 50.6. The van der Waals surface area contributed by atoms with Crippen LogP contribution < -0.4 is 0 Å². The average Bonchev–Trinajstić information content (AvgIpc) is 2.87. The number of Topliss-reactive ketones (excluding diaryl/α,β-unsaturated/α-hetero) is 1. The fraction of sp³-hybridized carbons (Fsp3) is 0.810. The Morgan fingerprint density at radius 1 is 1.17 bits per heavy atom. The maximum Gasteiger partial charge on any atom is 0.155 e. The predicted octanol–water partition coefficient (Wildman–Crippen LogP) is 5.14. The summed E-state index contributed by atoms with van der Waals surface area (Å²) in [6.07, 6.45) is 9.76. The maximum atomic E-state index is 12.2. The van der Waals surface area contributed by atoms with Crippen LogP contribution in [0, 0.1) is 34.5 Å². The van der Waals surface area contributed by atoms with Gasteiger partial charge in [0.25, 0.3) is 0 Å². The van der Waals surface area contributed by atoms with Gasteiger partial charge in [0.05, 0.1) is 0 Å². The van der Waals surface area contributed by atoms with Gasteiger partial charge in [-0.1, -0.05) is 36.4 Å². The molecule has 0 aliphatic heterocycles. The Labute approximate surface area is 159 Å². The molecule has 2 nitrogen and oxygen atoms in total. The van der Waals surface area contributed by atoms with Crippen LogP contribution in [-0.4, -0.2) is 15.5 Å². The molecule has 0 bridgehead atoms. The number of rotatable bonds is 1. The summed E-state index contributed by atoms with van der Waals surface area (Å²) < 4.78 is 0.497. The van der Waals surface area contributed by atoms with Gasteiger partial charge in [0.15, 0.2) is 5.78 Å². The molecule has 4 aliphatic rings. The largest absolute Gasteiger partial charge is 0.300 e. The molecule has 0 radical (unpaired) electrons. The third kappa shape index (κ3) is 2.25. The van der Waals surface area contributed by atoms with E-state index in [2.05, 4.69) is 36.4 Å². The lowest BCUT2D eigenvalue weighted by Crippen LogP contribution is -2.53. The second-order valence-corrected chi connectivity index (χ2v) is 10.9.